The molecular formula is C9H16ClN3S. The van der Waals surface area contributed by atoms with E-state index >= 15 is 0 Å². The second kappa shape index (κ2) is 5.05. The van der Waals surface area contributed by atoms with Gasteiger partial charge in [-0.2, -0.15) is 16.9 Å². The lowest BCUT2D eigenvalue weighted by Gasteiger charge is -2.09. The zero-order valence-electron chi connectivity index (χ0n) is 8.75. The van der Waals surface area contributed by atoms with Crippen molar-refractivity contribution in [2.75, 3.05) is 12.0 Å². The first-order valence-corrected chi connectivity index (χ1v) is 6.26. The monoisotopic (exact) mass is 233 g/mol. The molecular weight excluding hydrogens is 218 g/mol. The fourth-order valence-corrected chi connectivity index (χ4v) is 2.24. The minimum atomic E-state index is 0.158. The summed E-state index contributed by atoms with van der Waals surface area (Å²) in [5.74, 6) is 0.949. The third kappa shape index (κ3) is 2.65. The van der Waals surface area contributed by atoms with Crippen molar-refractivity contribution in [1.82, 2.24) is 9.78 Å². The number of nitrogens with zero attached hydrogens (tertiary/aromatic N) is 2. The summed E-state index contributed by atoms with van der Waals surface area (Å²) in [5.41, 5.74) is 8.01. The fraction of sp³-hybridized carbons (Fsp3) is 0.667. The summed E-state index contributed by atoms with van der Waals surface area (Å²) in [6.45, 7) is 1.97. The molecule has 0 fully saturated rings. The molecule has 80 valence electrons. The molecule has 1 heterocycles. The van der Waals surface area contributed by atoms with Gasteiger partial charge in [0.15, 0.2) is 0 Å². The molecule has 0 aliphatic rings. The van der Waals surface area contributed by atoms with Crippen LogP contribution in [-0.4, -0.2) is 27.8 Å². The molecule has 0 bridgehead atoms. The normalized spacial score (nSPS) is 13.2. The molecule has 1 atom stereocenters. The topological polar surface area (TPSA) is 43.8 Å². The SMILES string of the molecule is CSCC(N)Cc1c(C)nn(C)c1Cl. The molecule has 1 rings (SSSR count). The largest absolute Gasteiger partial charge is 0.327 e. The molecule has 0 saturated heterocycles. The minimum absolute atomic E-state index is 0.158. The van der Waals surface area contributed by atoms with Crippen molar-refractivity contribution in [2.24, 2.45) is 12.8 Å². The lowest BCUT2D eigenvalue weighted by molar-refractivity contribution is 0.744. The summed E-state index contributed by atoms with van der Waals surface area (Å²) in [7, 11) is 1.85. The van der Waals surface area contributed by atoms with Gasteiger partial charge in [-0.15, -0.1) is 0 Å². The predicted octanol–water partition coefficient (Wildman–Crippen LogP) is 1.61. The van der Waals surface area contributed by atoms with Crippen molar-refractivity contribution >= 4 is 23.4 Å². The highest BCUT2D eigenvalue weighted by Crippen LogP contribution is 2.20. The second-order valence-corrected chi connectivity index (χ2v) is 4.67. The summed E-state index contributed by atoms with van der Waals surface area (Å²) in [5, 5.41) is 4.95. The average Bonchev–Trinajstić information content (AvgIpc) is 2.33. The van der Waals surface area contributed by atoms with Crippen LogP contribution in [0.2, 0.25) is 5.15 Å². The van der Waals surface area contributed by atoms with Crippen LogP contribution in [0.4, 0.5) is 0 Å². The van der Waals surface area contributed by atoms with E-state index in [1.165, 1.54) is 0 Å². The summed E-state index contributed by atoms with van der Waals surface area (Å²) in [4.78, 5) is 0. The van der Waals surface area contributed by atoms with E-state index in [-0.39, 0.29) is 6.04 Å². The Labute approximate surface area is 94.0 Å². The summed E-state index contributed by atoms with van der Waals surface area (Å²) >= 11 is 7.85. The Hall–Kier alpha value is -0.190. The van der Waals surface area contributed by atoms with Gasteiger partial charge in [0.1, 0.15) is 5.15 Å². The van der Waals surface area contributed by atoms with Gasteiger partial charge in [-0.25, -0.2) is 0 Å². The van der Waals surface area contributed by atoms with Gasteiger partial charge in [0.25, 0.3) is 0 Å². The van der Waals surface area contributed by atoms with Gasteiger partial charge in [0, 0.05) is 24.4 Å². The minimum Gasteiger partial charge on any atom is -0.327 e. The molecule has 0 amide bonds. The van der Waals surface area contributed by atoms with E-state index in [1.54, 1.807) is 16.4 Å². The Kier molecular flexibility index (Phi) is 4.29. The van der Waals surface area contributed by atoms with E-state index in [0.717, 1.165) is 23.4 Å². The fourth-order valence-electron chi connectivity index (χ4n) is 1.44. The predicted molar refractivity (Wildman–Crippen MR) is 63.0 cm³/mol. The first kappa shape index (κ1) is 11.9. The second-order valence-electron chi connectivity index (χ2n) is 3.40. The molecule has 0 radical (unpaired) electrons. The van der Waals surface area contributed by atoms with E-state index in [0.29, 0.717) is 5.15 Å². The van der Waals surface area contributed by atoms with Crippen molar-refractivity contribution in [3.05, 3.63) is 16.4 Å². The first-order chi connectivity index (χ1) is 6.56. The third-order valence-electron chi connectivity index (χ3n) is 2.12. The van der Waals surface area contributed by atoms with Crippen LogP contribution in [0.15, 0.2) is 0 Å². The molecule has 0 spiro atoms. The molecule has 0 aliphatic heterocycles. The third-order valence-corrected chi connectivity index (χ3v) is 3.35. The Morgan fingerprint density at radius 1 is 1.64 bits per heavy atom. The smallest absolute Gasteiger partial charge is 0.130 e. The molecule has 0 aliphatic carbocycles. The van der Waals surface area contributed by atoms with Gasteiger partial charge >= 0.3 is 0 Å². The molecule has 1 unspecified atom stereocenters. The molecule has 2 N–H and O–H groups in total. The standard InChI is InChI=1S/C9H16ClN3S/c1-6-8(4-7(11)5-14-3)9(10)13(2)12-6/h7H,4-5,11H2,1-3H3. The molecule has 0 aromatic carbocycles. The molecule has 1 aromatic heterocycles. The zero-order valence-corrected chi connectivity index (χ0v) is 10.3. The average molecular weight is 234 g/mol. The molecule has 0 saturated carbocycles. The molecule has 14 heavy (non-hydrogen) atoms. The Morgan fingerprint density at radius 2 is 2.29 bits per heavy atom. The lowest BCUT2D eigenvalue weighted by atomic mass is 10.1. The van der Waals surface area contributed by atoms with Crippen LogP contribution in [0.1, 0.15) is 11.3 Å². The van der Waals surface area contributed by atoms with E-state index in [2.05, 4.69) is 11.4 Å². The Morgan fingerprint density at radius 3 is 2.71 bits per heavy atom. The highest BCUT2D eigenvalue weighted by atomic mass is 35.5. The highest BCUT2D eigenvalue weighted by Gasteiger charge is 2.14. The quantitative estimate of drug-likeness (QED) is 0.860. The maximum Gasteiger partial charge on any atom is 0.130 e. The van der Waals surface area contributed by atoms with Gasteiger partial charge < -0.3 is 5.73 Å². The van der Waals surface area contributed by atoms with Crippen molar-refractivity contribution in [3.8, 4) is 0 Å². The Bertz CT molecular complexity index is 311. The van der Waals surface area contributed by atoms with E-state index in [4.69, 9.17) is 17.3 Å². The molecule has 1 aromatic rings. The van der Waals surface area contributed by atoms with Crippen molar-refractivity contribution in [2.45, 2.75) is 19.4 Å². The number of halogens is 1. The van der Waals surface area contributed by atoms with Gasteiger partial charge in [-0.3, -0.25) is 4.68 Å². The Balaban J connectivity index is 2.75. The number of aromatic nitrogens is 2. The highest BCUT2D eigenvalue weighted by molar-refractivity contribution is 7.98. The summed E-state index contributed by atoms with van der Waals surface area (Å²) in [6.07, 6.45) is 2.86. The van der Waals surface area contributed by atoms with Gasteiger partial charge in [0.05, 0.1) is 5.69 Å². The number of hydrogen-bond acceptors (Lipinski definition) is 3. The van der Waals surface area contributed by atoms with Crippen LogP contribution < -0.4 is 5.73 Å². The zero-order chi connectivity index (χ0) is 10.7. The van der Waals surface area contributed by atoms with Crippen LogP contribution in [0.5, 0.6) is 0 Å². The van der Waals surface area contributed by atoms with Crippen LogP contribution in [0.3, 0.4) is 0 Å². The van der Waals surface area contributed by atoms with E-state index in [1.807, 2.05) is 14.0 Å². The summed E-state index contributed by atoms with van der Waals surface area (Å²) in [6, 6.07) is 0.158. The number of thioether (sulfide) groups is 1. The maximum atomic E-state index is 6.10. The van der Waals surface area contributed by atoms with E-state index in [9.17, 15) is 0 Å². The number of aryl methyl sites for hydroxylation is 2. The van der Waals surface area contributed by atoms with Crippen LogP contribution in [0.25, 0.3) is 0 Å². The molecule has 5 heteroatoms. The number of nitrogens with two attached hydrogens (primary N) is 1. The molecule has 3 nitrogen and oxygen atoms in total. The first-order valence-electron chi connectivity index (χ1n) is 4.48. The van der Waals surface area contributed by atoms with E-state index < -0.39 is 0 Å². The van der Waals surface area contributed by atoms with Crippen LogP contribution in [0, 0.1) is 6.92 Å². The summed E-state index contributed by atoms with van der Waals surface area (Å²) < 4.78 is 1.69. The number of hydrogen-bond donors (Lipinski definition) is 1. The van der Waals surface area contributed by atoms with Crippen molar-refractivity contribution in [3.63, 3.8) is 0 Å². The van der Waals surface area contributed by atoms with Crippen molar-refractivity contribution < 1.29 is 0 Å². The van der Waals surface area contributed by atoms with Gasteiger partial charge in [-0.1, -0.05) is 11.6 Å². The van der Waals surface area contributed by atoms with Crippen LogP contribution >= 0.6 is 23.4 Å². The van der Waals surface area contributed by atoms with Gasteiger partial charge in [-0.05, 0) is 19.6 Å². The van der Waals surface area contributed by atoms with Gasteiger partial charge in [0.2, 0.25) is 0 Å². The van der Waals surface area contributed by atoms with Crippen LogP contribution in [-0.2, 0) is 13.5 Å². The van der Waals surface area contributed by atoms with Crippen molar-refractivity contribution in [1.29, 1.82) is 0 Å². The lowest BCUT2D eigenvalue weighted by Crippen LogP contribution is -2.25. The maximum absolute atomic E-state index is 6.10. The number of rotatable bonds is 4.